The lowest BCUT2D eigenvalue weighted by atomic mass is 10.3. The number of hydrogen-bond acceptors (Lipinski definition) is 5. The number of nitrogens with two attached hydrogens (primary N) is 1. The number of rotatable bonds is 3. The lowest BCUT2D eigenvalue weighted by Gasteiger charge is -1.98. The number of aromatic amines is 1. The Hall–Kier alpha value is -1.66. The minimum atomic E-state index is -0.619. The van der Waals surface area contributed by atoms with E-state index in [9.17, 15) is 0 Å². The second kappa shape index (κ2) is 3.60. The van der Waals surface area contributed by atoms with E-state index in [-0.39, 0.29) is 12.5 Å². The molecule has 0 saturated heterocycles. The van der Waals surface area contributed by atoms with Gasteiger partial charge in [-0.05, 0) is 12.1 Å². The molecule has 0 bridgehead atoms. The van der Waals surface area contributed by atoms with Gasteiger partial charge in [-0.2, -0.15) is 4.98 Å². The predicted octanol–water partition coefficient (Wildman–Crippen LogP) is 0.0568. The van der Waals surface area contributed by atoms with Gasteiger partial charge < -0.3 is 20.3 Å². The van der Waals surface area contributed by atoms with Gasteiger partial charge in [-0.15, -0.1) is 0 Å². The Morgan fingerprint density at radius 3 is 3.14 bits per heavy atom. The summed E-state index contributed by atoms with van der Waals surface area (Å²) in [5.74, 6) is 0.672. The molecule has 4 N–H and O–H groups in total. The molecular weight excluding hydrogens is 184 g/mol. The molecule has 74 valence electrons. The van der Waals surface area contributed by atoms with Crippen molar-refractivity contribution in [3.8, 4) is 11.5 Å². The highest BCUT2D eigenvalue weighted by atomic mass is 16.5. The molecule has 2 heterocycles. The maximum Gasteiger partial charge on any atom is 0.246 e. The zero-order chi connectivity index (χ0) is 9.97. The van der Waals surface area contributed by atoms with E-state index < -0.39 is 6.04 Å². The number of nitrogens with one attached hydrogen (secondary N) is 1. The summed E-state index contributed by atoms with van der Waals surface area (Å²) in [5.41, 5.74) is 6.26. The van der Waals surface area contributed by atoms with Crippen LogP contribution in [0.1, 0.15) is 11.9 Å². The van der Waals surface area contributed by atoms with Crippen molar-refractivity contribution in [2.24, 2.45) is 5.73 Å². The van der Waals surface area contributed by atoms with E-state index in [0.717, 1.165) is 5.69 Å². The van der Waals surface area contributed by atoms with Crippen LogP contribution in [0, 0.1) is 0 Å². The third-order valence-corrected chi connectivity index (χ3v) is 1.79. The average Bonchev–Trinajstić information content (AvgIpc) is 2.86. The van der Waals surface area contributed by atoms with Crippen LogP contribution in [0.15, 0.2) is 22.9 Å². The maximum absolute atomic E-state index is 8.77. The van der Waals surface area contributed by atoms with E-state index in [1.807, 2.05) is 12.1 Å². The van der Waals surface area contributed by atoms with E-state index in [4.69, 9.17) is 15.4 Å². The molecule has 1 atom stereocenters. The van der Waals surface area contributed by atoms with E-state index in [1.165, 1.54) is 0 Å². The zero-order valence-corrected chi connectivity index (χ0v) is 7.34. The van der Waals surface area contributed by atoms with Crippen molar-refractivity contribution in [3.05, 3.63) is 24.2 Å². The van der Waals surface area contributed by atoms with Gasteiger partial charge in [0, 0.05) is 6.20 Å². The van der Waals surface area contributed by atoms with Crippen LogP contribution in [0.3, 0.4) is 0 Å². The number of aliphatic hydroxyl groups is 1. The fourth-order valence-electron chi connectivity index (χ4n) is 1.04. The first-order valence-electron chi connectivity index (χ1n) is 4.15. The molecule has 0 radical (unpaired) electrons. The first-order valence-corrected chi connectivity index (χ1v) is 4.15. The molecule has 2 aromatic heterocycles. The van der Waals surface area contributed by atoms with Crippen LogP contribution in [0.2, 0.25) is 0 Å². The molecule has 0 aliphatic carbocycles. The molecule has 0 aromatic carbocycles. The summed E-state index contributed by atoms with van der Waals surface area (Å²) in [6, 6.07) is 3.03. The highest BCUT2D eigenvalue weighted by molar-refractivity contribution is 5.47. The van der Waals surface area contributed by atoms with Gasteiger partial charge in [-0.3, -0.25) is 0 Å². The number of H-pyrrole nitrogens is 1. The van der Waals surface area contributed by atoms with Crippen LogP contribution in [-0.4, -0.2) is 26.8 Å². The van der Waals surface area contributed by atoms with Gasteiger partial charge in [0.05, 0.1) is 12.3 Å². The first-order chi connectivity index (χ1) is 6.81. The van der Waals surface area contributed by atoms with Gasteiger partial charge in [0.15, 0.2) is 0 Å². The molecule has 2 rings (SSSR count). The van der Waals surface area contributed by atoms with E-state index in [2.05, 4.69) is 15.1 Å². The number of aliphatic hydroxyl groups excluding tert-OH is 1. The van der Waals surface area contributed by atoms with Crippen molar-refractivity contribution >= 4 is 0 Å². The van der Waals surface area contributed by atoms with E-state index in [1.54, 1.807) is 6.20 Å². The van der Waals surface area contributed by atoms with Crippen molar-refractivity contribution < 1.29 is 9.63 Å². The van der Waals surface area contributed by atoms with Gasteiger partial charge >= 0.3 is 0 Å². The van der Waals surface area contributed by atoms with Gasteiger partial charge in [-0.1, -0.05) is 5.16 Å². The van der Waals surface area contributed by atoms with Crippen LogP contribution in [0.4, 0.5) is 0 Å². The Bertz CT molecular complexity index is 395. The molecule has 0 aliphatic rings. The molecule has 0 fully saturated rings. The smallest absolute Gasteiger partial charge is 0.246 e. The van der Waals surface area contributed by atoms with Crippen molar-refractivity contribution in [2.75, 3.05) is 6.61 Å². The molecule has 0 amide bonds. The van der Waals surface area contributed by atoms with Crippen LogP contribution in [0.25, 0.3) is 11.5 Å². The van der Waals surface area contributed by atoms with Crippen molar-refractivity contribution in [1.82, 2.24) is 15.1 Å². The second-order valence-electron chi connectivity index (χ2n) is 2.83. The topological polar surface area (TPSA) is 101 Å². The third-order valence-electron chi connectivity index (χ3n) is 1.79. The summed E-state index contributed by atoms with van der Waals surface area (Å²) in [6.07, 6.45) is 1.76. The molecule has 6 nitrogen and oxygen atoms in total. The van der Waals surface area contributed by atoms with Crippen molar-refractivity contribution in [3.63, 3.8) is 0 Å². The number of nitrogens with zero attached hydrogens (tertiary/aromatic N) is 2. The maximum atomic E-state index is 8.77. The standard InChI is InChI=1S/C8H10N4O2/c9-5(4-13)8-11-7(12-14-8)6-2-1-3-10-6/h1-3,5,10,13H,4,9H2/t5-/m1/s1. The Morgan fingerprint density at radius 1 is 1.64 bits per heavy atom. The van der Waals surface area contributed by atoms with Crippen LogP contribution >= 0.6 is 0 Å². The van der Waals surface area contributed by atoms with Gasteiger partial charge in [0.1, 0.15) is 6.04 Å². The van der Waals surface area contributed by atoms with Crippen LogP contribution < -0.4 is 5.73 Å². The molecular formula is C8H10N4O2. The van der Waals surface area contributed by atoms with E-state index >= 15 is 0 Å². The molecule has 14 heavy (non-hydrogen) atoms. The number of aromatic nitrogens is 3. The fourth-order valence-corrected chi connectivity index (χ4v) is 1.04. The molecule has 0 spiro atoms. The Balaban J connectivity index is 2.26. The van der Waals surface area contributed by atoms with Gasteiger partial charge in [0.2, 0.25) is 11.7 Å². The lowest BCUT2D eigenvalue weighted by Crippen LogP contribution is -2.14. The van der Waals surface area contributed by atoms with Crippen molar-refractivity contribution in [2.45, 2.75) is 6.04 Å². The van der Waals surface area contributed by atoms with Crippen LogP contribution in [-0.2, 0) is 0 Å². The Labute approximate surface area is 79.7 Å². The third kappa shape index (κ3) is 1.52. The fraction of sp³-hybridized carbons (Fsp3) is 0.250. The summed E-state index contributed by atoms with van der Waals surface area (Å²) in [7, 11) is 0. The summed E-state index contributed by atoms with van der Waals surface area (Å²) in [4.78, 5) is 6.96. The molecule has 0 saturated carbocycles. The largest absolute Gasteiger partial charge is 0.394 e. The molecule has 6 heteroatoms. The Kier molecular flexibility index (Phi) is 2.30. The van der Waals surface area contributed by atoms with Gasteiger partial charge in [-0.25, -0.2) is 0 Å². The zero-order valence-electron chi connectivity index (χ0n) is 7.34. The minimum Gasteiger partial charge on any atom is -0.394 e. The highest BCUT2D eigenvalue weighted by Crippen LogP contribution is 2.15. The molecule has 2 aromatic rings. The summed E-state index contributed by atoms with van der Waals surface area (Å²) >= 11 is 0. The van der Waals surface area contributed by atoms with Crippen molar-refractivity contribution in [1.29, 1.82) is 0 Å². The minimum absolute atomic E-state index is 0.216. The Morgan fingerprint density at radius 2 is 2.50 bits per heavy atom. The molecule has 0 aliphatic heterocycles. The second-order valence-corrected chi connectivity index (χ2v) is 2.83. The van der Waals surface area contributed by atoms with Crippen LogP contribution in [0.5, 0.6) is 0 Å². The first kappa shape index (κ1) is 8.92. The lowest BCUT2D eigenvalue weighted by molar-refractivity contribution is 0.237. The predicted molar refractivity (Wildman–Crippen MR) is 48.1 cm³/mol. The van der Waals surface area contributed by atoms with Gasteiger partial charge in [0.25, 0.3) is 0 Å². The quantitative estimate of drug-likeness (QED) is 0.641. The number of hydrogen-bond donors (Lipinski definition) is 3. The monoisotopic (exact) mass is 194 g/mol. The van der Waals surface area contributed by atoms with E-state index in [0.29, 0.717) is 5.82 Å². The molecule has 0 unspecified atom stereocenters. The average molecular weight is 194 g/mol. The summed E-state index contributed by atoms with van der Waals surface area (Å²) < 4.78 is 4.88. The highest BCUT2D eigenvalue weighted by Gasteiger charge is 2.14. The normalized spacial score (nSPS) is 13.0. The summed E-state index contributed by atoms with van der Waals surface area (Å²) in [5, 5.41) is 12.5. The SMILES string of the molecule is N[C@H](CO)c1nc(-c2ccc[nH]2)no1. The summed E-state index contributed by atoms with van der Waals surface area (Å²) in [6.45, 7) is -0.216.